The second-order valence-corrected chi connectivity index (χ2v) is 14.3. The third-order valence-corrected chi connectivity index (χ3v) is 9.00. The largest absolute Gasteiger partial charge is 0.443 e. The lowest BCUT2D eigenvalue weighted by molar-refractivity contribution is -0.115. The quantitative estimate of drug-likeness (QED) is 0.178. The number of aromatic nitrogens is 3. The number of carbonyl (C=O) groups excluding carboxylic acids is 2. The van der Waals surface area contributed by atoms with Gasteiger partial charge in [-0.3, -0.25) is 9.36 Å². The SMILES string of the molecule is CCCCc1nn(-c2cc(NC(=O)CC)ccc2Br)c(=O)n1Cc1ccc(-c2ccccc2S(=O)(=O)NC(=O)OC(C)(C)C)cc1F. The molecular weight excluding hydrogens is 693 g/mol. The van der Waals surface area contributed by atoms with Crippen molar-refractivity contribution in [2.75, 3.05) is 5.32 Å². The molecule has 4 rings (SSSR count). The van der Waals surface area contributed by atoms with Crippen LogP contribution in [0.2, 0.25) is 0 Å². The Hall–Kier alpha value is -4.30. The zero-order valence-electron chi connectivity index (χ0n) is 26.8. The summed E-state index contributed by atoms with van der Waals surface area (Å²) in [7, 11) is -4.37. The first-order valence-corrected chi connectivity index (χ1v) is 17.3. The zero-order valence-corrected chi connectivity index (χ0v) is 29.2. The van der Waals surface area contributed by atoms with Gasteiger partial charge >= 0.3 is 11.8 Å². The van der Waals surface area contributed by atoms with Gasteiger partial charge in [0, 0.05) is 34.1 Å². The van der Waals surface area contributed by atoms with E-state index in [1.54, 1.807) is 58.0 Å². The molecule has 0 spiro atoms. The number of sulfonamides is 1. The van der Waals surface area contributed by atoms with Gasteiger partial charge in [0.05, 0.1) is 17.1 Å². The Morgan fingerprint density at radius 1 is 1.04 bits per heavy atom. The highest BCUT2D eigenvalue weighted by Crippen LogP contribution is 2.29. The first kappa shape index (κ1) is 35.6. The van der Waals surface area contributed by atoms with Gasteiger partial charge in [-0.2, -0.15) is 4.68 Å². The number of nitrogens with zero attached hydrogens (tertiary/aromatic N) is 3. The standard InChI is InChI=1S/C33H37BrFN5O6S/c1-6-8-13-29-37-40(27-19-23(16-17-25(27)34)36-30(41)7-2)32(43)39(29)20-22-15-14-21(18-26(22)35)24-11-9-10-12-28(24)47(44,45)38-31(42)46-33(3,4)5/h9-12,14-19H,6-8,13,20H2,1-5H3,(H,36,41)(H,38,42). The zero-order chi connectivity index (χ0) is 34.5. The van der Waals surface area contributed by atoms with E-state index in [1.807, 2.05) is 11.6 Å². The van der Waals surface area contributed by atoms with Crippen molar-refractivity contribution in [2.45, 2.75) is 77.3 Å². The van der Waals surface area contributed by atoms with Crippen molar-refractivity contribution in [1.29, 1.82) is 0 Å². The van der Waals surface area contributed by atoms with Gasteiger partial charge < -0.3 is 10.1 Å². The monoisotopic (exact) mass is 729 g/mol. The number of hydrogen-bond acceptors (Lipinski definition) is 7. The summed E-state index contributed by atoms with van der Waals surface area (Å²) in [5, 5.41) is 7.36. The Morgan fingerprint density at radius 2 is 1.77 bits per heavy atom. The number of nitrogens with one attached hydrogen (secondary N) is 2. The van der Waals surface area contributed by atoms with Gasteiger partial charge in [-0.1, -0.05) is 50.6 Å². The van der Waals surface area contributed by atoms with Crippen molar-refractivity contribution < 1.29 is 27.1 Å². The Bertz CT molecular complexity index is 1970. The van der Waals surface area contributed by atoms with E-state index in [9.17, 15) is 22.8 Å². The molecule has 0 saturated carbocycles. The van der Waals surface area contributed by atoms with E-state index in [-0.39, 0.29) is 40.5 Å². The van der Waals surface area contributed by atoms with Gasteiger partial charge in [-0.15, -0.1) is 5.10 Å². The maximum absolute atomic E-state index is 15.7. The first-order valence-electron chi connectivity index (χ1n) is 15.1. The van der Waals surface area contributed by atoms with Gasteiger partial charge in [-0.25, -0.2) is 27.1 Å². The van der Waals surface area contributed by atoms with E-state index in [1.165, 1.54) is 39.6 Å². The molecule has 0 aliphatic carbocycles. The van der Waals surface area contributed by atoms with Gasteiger partial charge in [0.1, 0.15) is 17.2 Å². The minimum absolute atomic E-state index is 0.131. The minimum atomic E-state index is -4.37. The van der Waals surface area contributed by atoms with E-state index in [2.05, 4.69) is 26.3 Å². The molecule has 0 unspecified atom stereocenters. The van der Waals surface area contributed by atoms with Crippen molar-refractivity contribution in [3.05, 3.63) is 92.8 Å². The summed E-state index contributed by atoms with van der Waals surface area (Å²) in [4.78, 5) is 37.7. The summed E-state index contributed by atoms with van der Waals surface area (Å²) >= 11 is 3.47. The topological polar surface area (TPSA) is 141 Å². The van der Waals surface area contributed by atoms with Crippen LogP contribution in [-0.2, 0) is 32.5 Å². The summed E-state index contributed by atoms with van der Waals surface area (Å²) in [5.41, 5.74) is 0.0981. The molecule has 250 valence electrons. The molecule has 2 N–H and O–H groups in total. The average Bonchev–Trinajstić information content (AvgIpc) is 3.30. The van der Waals surface area contributed by atoms with Crippen LogP contribution in [0.1, 0.15) is 65.3 Å². The lowest BCUT2D eigenvalue weighted by Gasteiger charge is -2.20. The van der Waals surface area contributed by atoms with Gasteiger partial charge in [0.2, 0.25) is 5.91 Å². The molecule has 0 saturated heterocycles. The van der Waals surface area contributed by atoms with Crippen LogP contribution in [0.4, 0.5) is 14.9 Å². The number of ether oxygens (including phenoxy) is 1. The fraction of sp³-hybridized carbons (Fsp3) is 0.333. The lowest BCUT2D eigenvalue weighted by Crippen LogP contribution is -2.36. The summed E-state index contributed by atoms with van der Waals surface area (Å²) in [6.45, 7) is 8.43. The number of carbonyl (C=O) groups is 2. The summed E-state index contributed by atoms with van der Waals surface area (Å²) in [5.74, 6) is -0.389. The smallest absolute Gasteiger partial charge is 0.421 e. The number of amides is 2. The molecule has 14 heteroatoms. The molecule has 0 aliphatic heterocycles. The van der Waals surface area contributed by atoms with Crippen LogP contribution in [0.25, 0.3) is 16.8 Å². The molecular formula is C33H37BrFN5O6S. The van der Waals surface area contributed by atoms with Crippen LogP contribution in [-0.4, -0.2) is 40.4 Å². The third kappa shape index (κ3) is 8.74. The molecule has 0 aliphatic rings. The molecule has 0 radical (unpaired) electrons. The van der Waals surface area contributed by atoms with Crippen molar-refractivity contribution in [2.24, 2.45) is 0 Å². The van der Waals surface area contributed by atoms with Crippen LogP contribution in [0.5, 0.6) is 0 Å². The summed E-state index contributed by atoms with van der Waals surface area (Å²) in [6, 6.07) is 15.2. The molecule has 11 nitrogen and oxygen atoms in total. The lowest BCUT2D eigenvalue weighted by atomic mass is 10.0. The predicted octanol–water partition coefficient (Wildman–Crippen LogP) is 6.56. The van der Waals surface area contributed by atoms with Crippen molar-refractivity contribution >= 4 is 43.6 Å². The third-order valence-electron chi connectivity index (χ3n) is 6.96. The first-order chi connectivity index (χ1) is 22.1. The van der Waals surface area contributed by atoms with E-state index in [4.69, 9.17) is 4.74 Å². The number of hydrogen-bond donors (Lipinski definition) is 2. The Balaban J connectivity index is 1.69. The number of anilines is 1. The highest BCUT2D eigenvalue weighted by atomic mass is 79.9. The van der Waals surface area contributed by atoms with Gasteiger partial charge in [0.25, 0.3) is 10.0 Å². The minimum Gasteiger partial charge on any atom is -0.443 e. The molecule has 2 amide bonds. The second kappa shape index (κ2) is 14.6. The molecule has 0 bridgehead atoms. The fourth-order valence-electron chi connectivity index (χ4n) is 4.69. The second-order valence-electron chi connectivity index (χ2n) is 11.8. The normalized spacial score (nSPS) is 11.7. The van der Waals surface area contributed by atoms with Crippen molar-refractivity contribution in [3.63, 3.8) is 0 Å². The van der Waals surface area contributed by atoms with E-state index >= 15 is 4.39 Å². The molecule has 1 aromatic heterocycles. The molecule has 3 aromatic carbocycles. The van der Waals surface area contributed by atoms with Crippen LogP contribution >= 0.6 is 15.9 Å². The number of unbranched alkanes of at least 4 members (excludes halogenated alkanes) is 1. The van der Waals surface area contributed by atoms with E-state index in [0.717, 1.165) is 12.8 Å². The Kier molecular flexibility index (Phi) is 11.1. The molecule has 1 heterocycles. The fourth-order valence-corrected chi connectivity index (χ4v) is 6.21. The molecule has 4 aromatic rings. The number of rotatable bonds is 11. The number of aryl methyl sites for hydroxylation is 1. The highest BCUT2D eigenvalue weighted by molar-refractivity contribution is 9.10. The van der Waals surface area contributed by atoms with Crippen molar-refractivity contribution in [3.8, 4) is 16.8 Å². The van der Waals surface area contributed by atoms with Crippen LogP contribution in [0.15, 0.2) is 74.8 Å². The number of benzene rings is 3. The average molecular weight is 731 g/mol. The van der Waals surface area contributed by atoms with E-state index in [0.29, 0.717) is 28.1 Å². The Morgan fingerprint density at radius 3 is 2.43 bits per heavy atom. The molecule has 47 heavy (non-hydrogen) atoms. The van der Waals surface area contributed by atoms with E-state index < -0.39 is 33.2 Å². The van der Waals surface area contributed by atoms with Crippen LogP contribution in [0, 0.1) is 5.82 Å². The van der Waals surface area contributed by atoms with Crippen LogP contribution in [0.3, 0.4) is 0 Å². The predicted molar refractivity (Wildman–Crippen MR) is 181 cm³/mol. The van der Waals surface area contributed by atoms with Crippen LogP contribution < -0.4 is 15.7 Å². The summed E-state index contributed by atoms with van der Waals surface area (Å²) < 4.78 is 52.2. The highest BCUT2D eigenvalue weighted by Gasteiger charge is 2.26. The summed E-state index contributed by atoms with van der Waals surface area (Å²) in [6.07, 6.45) is 1.21. The molecule has 0 fully saturated rings. The van der Waals surface area contributed by atoms with Gasteiger partial charge in [0.15, 0.2) is 0 Å². The maximum atomic E-state index is 15.7. The Labute approximate surface area is 281 Å². The van der Waals surface area contributed by atoms with Crippen molar-refractivity contribution in [1.82, 2.24) is 19.1 Å². The maximum Gasteiger partial charge on any atom is 0.421 e. The van der Waals surface area contributed by atoms with Gasteiger partial charge in [-0.05, 0) is 79.0 Å². The molecule has 0 atom stereocenters. The number of halogens is 2.